The summed E-state index contributed by atoms with van der Waals surface area (Å²) in [5, 5.41) is 14.7. The molecule has 0 atom stereocenters. The van der Waals surface area contributed by atoms with Gasteiger partial charge in [0.25, 0.3) is 0 Å². The lowest BCUT2D eigenvalue weighted by atomic mass is 10.2. The van der Waals surface area contributed by atoms with Gasteiger partial charge < -0.3 is 15.7 Å². The number of halogens is 2. The number of carboxylic acid groups (broad SMARTS) is 1. The number of nitrogens with one attached hydrogen (secondary N) is 2. The fourth-order valence-corrected chi connectivity index (χ4v) is 1.94. The molecule has 7 heteroatoms. The topological polar surface area (TPSA) is 78.4 Å². The van der Waals surface area contributed by atoms with E-state index in [-0.39, 0.29) is 11.3 Å². The normalized spacial score (nSPS) is 9.39. The van der Waals surface area contributed by atoms with Crippen molar-refractivity contribution in [2.75, 3.05) is 10.6 Å². The Bertz CT molecular complexity index is 705. The highest BCUT2D eigenvalue weighted by Crippen LogP contribution is 2.25. The van der Waals surface area contributed by atoms with E-state index in [1.165, 1.54) is 18.2 Å². The Morgan fingerprint density at radius 3 is 2.22 bits per heavy atom. The summed E-state index contributed by atoms with van der Waals surface area (Å²) >= 11 is 11.6. The molecule has 2 aromatic rings. The maximum absolute atomic E-state index is 11.9. The van der Waals surface area contributed by atoms with Crippen LogP contribution in [0, 0.1) is 0 Å². The molecule has 0 saturated carbocycles. The predicted octanol–water partition coefficient (Wildman–Crippen LogP) is 5.36. The molecule has 2 amide bonds. The van der Waals surface area contributed by atoms with Gasteiger partial charge in [0.1, 0.15) is 0 Å². The first-order valence-electron chi connectivity index (χ1n) is 6.83. The lowest BCUT2D eigenvalue weighted by Crippen LogP contribution is -2.20. The quantitative estimate of drug-likeness (QED) is 0.693. The van der Waals surface area contributed by atoms with Crippen molar-refractivity contribution in [1.29, 1.82) is 0 Å². The van der Waals surface area contributed by atoms with Crippen LogP contribution in [-0.4, -0.2) is 17.1 Å². The van der Waals surface area contributed by atoms with Crippen molar-refractivity contribution in [1.82, 2.24) is 0 Å². The molecular formula is C16H16Cl2N2O3. The minimum atomic E-state index is -1.12. The number of carbonyl (C=O) groups is 2. The van der Waals surface area contributed by atoms with E-state index in [1.54, 1.807) is 24.3 Å². The van der Waals surface area contributed by atoms with E-state index in [0.717, 1.165) is 0 Å². The maximum atomic E-state index is 11.9. The Labute approximate surface area is 144 Å². The van der Waals surface area contributed by atoms with E-state index >= 15 is 0 Å². The summed E-state index contributed by atoms with van der Waals surface area (Å²) in [5.74, 6) is -1.12. The number of hydrogen-bond acceptors (Lipinski definition) is 2. The van der Waals surface area contributed by atoms with Crippen LogP contribution in [0.2, 0.25) is 10.0 Å². The molecule has 0 aliphatic carbocycles. The Hall–Kier alpha value is -2.24. The van der Waals surface area contributed by atoms with Crippen molar-refractivity contribution < 1.29 is 14.7 Å². The van der Waals surface area contributed by atoms with E-state index < -0.39 is 12.0 Å². The minimum absolute atomic E-state index is 0.00166. The van der Waals surface area contributed by atoms with Gasteiger partial charge in [-0.2, -0.15) is 0 Å². The third-order valence-electron chi connectivity index (χ3n) is 2.58. The largest absolute Gasteiger partial charge is 0.478 e. The molecule has 0 heterocycles. The average Bonchev–Trinajstić information content (AvgIpc) is 2.53. The van der Waals surface area contributed by atoms with Crippen LogP contribution in [0.3, 0.4) is 0 Å². The Morgan fingerprint density at radius 1 is 0.957 bits per heavy atom. The van der Waals surface area contributed by atoms with Gasteiger partial charge in [-0.1, -0.05) is 49.2 Å². The molecule has 0 fully saturated rings. The van der Waals surface area contributed by atoms with Gasteiger partial charge in [0.15, 0.2) is 0 Å². The molecule has 0 saturated heterocycles. The SMILES string of the molecule is CC.O=C(Nc1ccc(Cl)c(Cl)c1)Nc1ccccc1C(=O)O. The van der Waals surface area contributed by atoms with E-state index in [4.69, 9.17) is 28.3 Å². The summed E-state index contributed by atoms with van der Waals surface area (Å²) in [7, 11) is 0. The van der Waals surface area contributed by atoms with Crippen molar-refractivity contribution in [3.05, 3.63) is 58.1 Å². The monoisotopic (exact) mass is 354 g/mol. The first kappa shape index (κ1) is 18.8. The molecular weight excluding hydrogens is 339 g/mol. The van der Waals surface area contributed by atoms with E-state index in [2.05, 4.69) is 10.6 Å². The van der Waals surface area contributed by atoms with Crippen LogP contribution in [0.4, 0.5) is 16.2 Å². The fraction of sp³-hybridized carbons (Fsp3) is 0.125. The summed E-state index contributed by atoms with van der Waals surface area (Å²) in [4.78, 5) is 22.9. The molecule has 122 valence electrons. The van der Waals surface area contributed by atoms with E-state index in [0.29, 0.717) is 15.7 Å². The predicted molar refractivity (Wildman–Crippen MR) is 93.9 cm³/mol. The van der Waals surface area contributed by atoms with Crippen LogP contribution in [0.1, 0.15) is 24.2 Å². The number of para-hydroxylation sites is 1. The van der Waals surface area contributed by atoms with Gasteiger partial charge >= 0.3 is 12.0 Å². The number of carbonyl (C=O) groups excluding carboxylic acids is 1. The molecule has 2 aromatic carbocycles. The average molecular weight is 355 g/mol. The zero-order valence-electron chi connectivity index (χ0n) is 12.6. The Balaban J connectivity index is 0.00000127. The van der Waals surface area contributed by atoms with Gasteiger partial charge in [0.05, 0.1) is 21.3 Å². The molecule has 0 aliphatic rings. The van der Waals surface area contributed by atoms with Crippen LogP contribution in [0.15, 0.2) is 42.5 Å². The molecule has 0 bridgehead atoms. The molecule has 0 aliphatic heterocycles. The number of carboxylic acids is 1. The number of aromatic carboxylic acids is 1. The molecule has 5 nitrogen and oxygen atoms in total. The molecule has 0 radical (unpaired) electrons. The number of anilines is 2. The zero-order chi connectivity index (χ0) is 17.4. The van der Waals surface area contributed by atoms with Crippen LogP contribution in [0.5, 0.6) is 0 Å². The van der Waals surface area contributed by atoms with E-state index in [1.807, 2.05) is 13.8 Å². The second kappa shape index (κ2) is 9.02. The molecule has 2 rings (SSSR count). The van der Waals surface area contributed by atoms with Crippen LogP contribution < -0.4 is 10.6 Å². The highest BCUT2D eigenvalue weighted by molar-refractivity contribution is 6.42. The van der Waals surface area contributed by atoms with Crippen molar-refractivity contribution in [2.45, 2.75) is 13.8 Å². The van der Waals surface area contributed by atoms with Crippen molar-refractivity contribution in [2.24, 2.45) is 0 Å². The van der Waals surface area contributed by atoms with Crippen molar-refractivity contribution >= 4 is 46.6 Å². The standard InChI is InChI=1S/C14H10Cl2N2O3.C2H6/c15-10-6-5-8(7-11(10)16)17-14(21)18-12-4-2-1-3-9(12)13(19)20;1-2/h1-7H,(H,19,20)(H2,17,18,21);1-2H3. The summed E-state index contributed by atoms with van der Waals surface area (Å²) < 4.78 is 0. The maximum Gasteiger partial charge on any atom is 0.337 e. The van der Waals surface area contributed by atoms with Gasteiger partial charge in [0, 0.05) is 5.69 Å². The number of amides is 2. The summed E-state index contributed by atoms with van der Waals surface area (Å²) in [6.07, 6.45) is 0. The van der Waals surface area contributed by atoms with E-state index in [9.17, 15) is 9.59 Å². The number of benzene rings is 2. The molecule has 3 N–H and O–H groups in total. The summed E-state index contributed by atoms with van der Waals surface area (Å²) in [6.45, 7) is 4.00. The Morgan fingerprint density at radius 2 is 1.61 bits per heavy atom. The van der Waals surface area contributed by atoms with Crippen molar-refractivity contribution in [3.8, 4) is 0 Å². The van der Waals surface area contributed by atoms with Gasteiger partial charge in [-0.05, 0) is 30.3 Å². The van der Waals surface area contributed by atoms with Gasteiger partial charge in [-0.3, -0.25) is 0 Å². The molecule has 0 unspecified atom stereocenters. The lowest BCUT2D eigenvalue weighted by molar-refractivity contribution is 0.0698. The van der Waals surface area contributed by atoms with Gasteiger partial charge in [0.2, 0.25) is 0 Å². The second-order valence-electron chi connectivity index (χ2n) is 4.06. The molecule has 23 heavy (non-hydrogen) atoms. The number of urea groups is 1. The number of hydrogen-bond donors (Lipinski definition) is 3. The van der Waals surface area contributed by atoms with Gasteiger partial charge in [-0.15, -0.1) is 0 Å². The molecule has 0 spiro atoms. The number of rotatable bonds is 3. The zero-order valence-corrected chi connectivity index (χ0v) is 14.1. The second-order valence-corrected chi connectivity index (χ2v) is 4.87. The van der Waals surface area contributed by atoms with Crippen molar-refractivity contribution in [3.63, 3.8) is 0 Å². The first-order chi connectivity index (χ1) is 11.0. The first-order valence-corrected chi connectivity index (χ1v) is 7.58. The summed E-state index contributed by atoms with van der Waals surface area (Å²) in [6, 6.07) is 10.1. The smallest absolute Gasteiger partial charge is 0.337 e. The Kier molecular flexibility index (Phi) is 7.38. The highest BCUT2D eigenvalue weighted by Gasteiger charge is 2.11. The fourth-order valence-electron chi connectivity index (χ4n) is 1.64. The third-order valence-corrected chi connectivity index (χ3v) is 3.32. The van der Waals surface area contributed by atoms with Crippen LogP contribution in [-0.2, 0) is 0 Å². The summed E-state index contributed by atoms with van der Waals surface area (Å²) in [5.41, 5.74) is 0.638. The minimum Gasteiger partial charge on any atom is -0.478 e. The lowest BCUT2D eigenvalue weighted by Gasteiger charge is -2.10. The third kappa shape index (κ3) is 5.47. The van der Waals surface area contributed by atoms with Gasteiger partial charge in [-0.25, -0.2) is 9.59 Å². The van der Waals surface area contributed by atoms with Crippen LogP contribution in [0.25, 0.3) is 0 Å². The molecule has 0 aromatic heterocycles. The van der Waals surface area contributed by atoms with Crippen LogP contribution >= 0.6 is 23.2 Å². The highest BCUT2D eigenvalue weighted by atomic mass is 35.5.